The Kier molecular flexibility index (Phi) is 1.91. The maximum absolute atomic E-state index is 11.1. The monoisotopic (exact) mass is 177 g/mol. The van der Waals surface area contributed by atoms with Crippen LogP contribution in [0.2, 0.25) is 0 Å². The van der Waals surface area contributed by atoms with Gasteiger partial charge in [0.2, 0.25) is 0 Å². The number of H-pyrrole nitrogens is 1. The van der Waals surface area contributed by atoms with Crippen molar-refractivity contribution in [2.75, 3.05) is 0 Å². The van der Waals surface area contributed by atoms with Crippen molar-refractivity contribution < 1.29 is 4.42 Å². The van der Waals surface area contributed by atoms with E-state index in [4.69, 9.17) is 4.42 Å². The SMILES string of the molecule is O=c1[nH]nncc1Cc1ccco1. The van der Waals surface area contributed by atoms with Crippen molar-refractivity contribution in [2.24, 2.45) is 0 Å². The molecule has 66 valence electrons. The van der Waals surface area contributed by atoms with Crippen LogP contribution in [-0.2, 0) is 6.42 Å². The molecule has 0 radical (unpaired) electrons. The first kappa shape index (κ1) is 7.72. The fourth-order valence-electron chi connectivity index (χ4n) is 1.03. The molecule has 2 aromatic heterocycles. The quantitative estimate of drug-likeness (QED) is 0.718. The minimum Gasteiger partial charge on any atom is -0.469 e. The molecule has 0 unspecified atom stereocenters. The zero-order valence-electron chi connectivity index (χ0n) is 6.73. The van der Waals surface area contributed by atoms with E-state index in [1.165, 1.54) is 6.20 Å². The third-order valence-corrected chi connectivity index (χ3v) is 1.66. The average molecular weight is 177 g/mol. The molecule has 13 heavy (non-hydrogen) atoms. The van der Waals surface area contributed by atoms with E-state index in [0.29, 0.717) is 12.0 Å². The number of aromatic nitrogens is 3. The van der Waals surface area contributed by atoms with Crippen LogP contribution in [0.4, 0.5) is 0 Å². The Bertz CT molecular complexity index is 433. The highest BCUT2D eigenvalue weighted by Gasteiger charge is 2.02. The predicted octanol–water partition coefficient (Wildman–Crippen LogP) is 0.349. The lowest BCUT2D eigenvalue weighted by molar-refractivity contribution is 0.519. The Morgan fingerprint density at radius 2 is 2.46 bits per heavy atom. The van der Waals surface area contributed by atoms with E-state index in [-0.39, 0.29) is 5.56 Å². The molecular weight excluding hydrogens is 170 g/mol. The largest absolute Gasteiger partial charge is 0.469 e. The van der Waals surface area contributed by atoms with Gasteiger partial charge >= 0.3 is 0 Å². The molecule has 0 saturated carbocycles. The summed E-state index contributed by atoms with van der Waals surface area (Å²) in [6, 6.07) is 3.58. The Morgan fingerprint density at radius 1 is 1.54 bits per heavy atom. The lowest BCUT2D eigenvalue weighted by Gasteiger charge is -1.93. The molecule has 0 fully saturated rings. The summed E-state index contributed by atoms with van der Waals surface area (Å²) in [7, 11) is 0. The van der Waals surface area contributed by atoms with E-state index < -0.39 is 0 Å². The van der Waals surface area contributed by atoms with Gasteiger partial charge in [0.1, 0.15) is 5.76 Å². The van der Waals surface area contributed by atoms with Crippen LogP contribution < -0.4 is 5.56 Å². The van der Waals surface area contributed by atoms with Crippen LogP contribution in [0.5, 0.6) is 0 Å². The number of furan rings is 1. The van der Waals surface area contributed by atoms with E-state index in [9.17, 15) is 4.79 Å². The normalized spacial score (nSPS) is 10.2. The fourth-order valence-corrected chi connectivity index (χ4v) is 1.03. The van der Waals surface area contributed by atoms with Gasteiger partial charge in [-0.25, -0.2) is 5.10 Å². The molecule has 2 aromatic rings. The van der Waals surface area contributed by atoms with Crippen LogP contribution >= 0.6 is 0 Å². The van der Waals surface area contributed by atoms with Crippen LogP contribution in [0.15, 0.2) is 33.8 Å². The van der Waals surface area contributed by atoms with Crippen molar-refractivity contribution in [3.63, 3.8) is 0 Å². The maximum atomic E-state index is 11.1. The highest BCUT2D eigenvalue weighted by atomic mass is 16.3. The van der Waals surface area contributed by atoms with Crippen molar-refractivity contribution in [1.82, 2.24) is 15.4 Å². The minimum absolute atomic E-state index is 0.230. The standard InChI is InChI=1S/C8H7N3O2/c12-8-6(5-9-11-10-8)4-7-2-1-3-13-7/h1-3,5H,4H2,(H,9,10,12). The highest BCUT2D eigenvalue weighted by Crippen LogP contribution is 2.04. The van der Waals surface area contributed by atoms with Crippen LogP contribution in [-0.4, -0.2) is 15.4 Å². The number of rotatable bonds is 2. The van der Waals surface area contributed by atoms with Crippen molar-refractivity contribution in [3.8, 4) is 0 Å². The summed E-state index contributed by atoms with van der Waals surface area (Å²) < 4.78 is 5.09. The van der Waals surface area contributed by atoms with Gasteiger partial charge in [-0.05, 0) is 12.1 Å². The number of hydrogen-bond acceptors (Lipinski definition) is 4. The molecule has 5 heteroatoms. The lowest BCUT2D eigenvalue weighted by atomic mass is 10.2. The zero-order valence-corrected chi connectivity index (χ0v) is 6.73. The molecule has 2 rings (SSSR count). The third-order valence-electron chi connectivity index (χ3n) is 1.66. The Hall–Kier alpha value is -1.91. The van der Waals surface area contributed by atoms with Crippen LogP contribution in [0.1, 0.15) is 11.3 Å². The molecular formula is C8H7N3O2. The molecule has 0 aliphatic rings. The van der Waals surface area contributed by atoms with Crippen LogP contribution in [0.3, 0.4) is 0 Å². The van der Waals surface area contributed by atoms with Gasteiger partial charge < -0.3 is 4.42 Å². The fraction of sp³-hybridized carbons (Fsp3) is 0.125. The maximum Gasteiger partial charge on any atom is 0.270 e. The summed E-state index contributed by atoms with van der Waals surface area (Å²) in [5, 5.41) is 9.19. The summed E-state index contributed by atoms with van der Waals surface area (Å²) >= 11 is 0. The Labute approximate surface area is 73.4 Å². The molecule has 1 N–H and O–H groups in total. The lowest BCUT2D eigenvalue weighted by Crippen LogP contribution is -2.14. The second kappa shape index (κ2) is 3.22. The second-order valence-corrected chi connectivity index (χ2v) is 2.57. The summed E-state index contributed by atoms with van der Waals surface area (Å²) in [6.07, 6.45) is 3.44. The van der Waals surface area contributed by atoms with E-state index in [1.54, 1.807) is 18.4 Å². The van der Waals surface area contributed by atoms with E-state index in [2.05, 4.69) is 15.4 Å². The second-order valence-electron chi connectivity index (χ2n) is 2.57. The first-order valence-corrected chi connectivity index (χ1v) is 3.78. The van der Waals surface area contributed by atoms with Crippen molar-refractivity contribution >= 4 is 0 Å². The number of nitrogens with zero attached hydrogens (tertiary/aromatic N) is 2. The molecule has 2 heterocycles. The van der Waals surface area contributed by atoms with Gasteiger partial charge in [-0.1, -0.05) is 5.21 Å². The van der Waals surface area contributed by atoms with E-state index in [1.807, 2.05) is 0 Å². The molecule has 0 saturated heterocycles. The van der Waals surface area contributed by atoms with Gasteiger partial charge in [0.15, 0.2) is 0 Å². The number of nitrogens with one attached hydrogen (secondary N) is 1. The molecule has 0 bridgehead atoms. The molecule has 0 atom stereocenters. The molecule has 0 spiro atoms. The van der Waals surface area contributed by atoms with E-state index >= 15 is 0 Å². The van der Waals surface area contributed by atoms with Crippen LogP contribution in [0, 0.1) is 0 Å². The topological polar surface area (TPSA) is 71.8 Å². The highest BCUT2D eigenvalue weighted by molar-refractivity contribution is 5.12. The van der Waals surface area contributed by atoms with Gasteiger partial charge in [0.05, 0.1) is 12.5 Å². The van der Waals surface area contributed by atoms with E-state index in [0.717, 1.165) is 5.76 Å². The first-order chi connectivity index (χ1) is 6.36. The summed E-state index contributed by atoms with van der Waals surface area (Å²) in [5.41, 5.74) is 0.316. The number of hydrogen-bond donors (Lipinski definition) is 1. The molecule has 5 nitrogen and oxygen atoms in total. The summed E-state index contributed by atoms with van der Waals surface area (Å²) in [5.74, 6) is 0.735. The van der Waals surface area contributed by atoms with Crippen molar-refractivity contribution in [3.05, 3.63) is 46.3 Å². The van der Waals surface area contributed by atoms with Crippen molar-refractivity contribution in [1.29, 1.82) is 0 Å². The number of aromatic amines is 1. The summed E-state index contributed by atoms with van der Waals surface area (Å²) in [4.78, 5) is 11.1. The van der Waals surface area contributed by atoms with Gasteiger partial charge in [0, 0.05) is 12.0 Å². The van der Waals surface area contributed by atoms with Crippen molar-refractivity contribution in [2.45, 2.75) is 6.42 Å². The molecule has 0 aromatic carbocycles. The van der Waals surface area contributed by atoms with Gasteiger partial charge in [0.25, 0.3) is 5.56 Å². The molecule has 0 amide bonds. The van der Waals surface area contributed by atoms with Gasteiger partial charge in [-0.2, -0.15) is 0 Å². The first-order valence-electron chi connectivity index (χ1n) is 3.78. The average Bonchev–Trinajstić information content (AvgIpc) is 2.61. The Balaban J connectivity index is 2.29. The third kappa shape index (κ3) is 1.64. The molecule has 0 aliphatic heterocycles. The minimum atomic E-state index is -0.230. The van der Waals surface area contributed by atoms with Gasteiger partial charge in [-0.3, -0.25) is 4.79 Å². The smallest absolute Gasteiger partial charge is 0.270 e. The molecule has 0 aliphatic carbocycles. The zero-order chi connectivity index (χ0) is 9.10. The van der Waals surface area contributed by atoms with Gasteiger partial charge in [-0.15, -0.1) is 5.10 Å². The Morgan fingerprint density at radius 3 is 3.15 bits per heavy atom. The predicted molar refractivity (Wildman–Crippen MR) is 44.2 cm³/mol. The summed E-state index contributed by atoms with van der Waals surface area (Å²) in [6.45, 7) is 0. The van der Waals surface area contributed by atoms with Crippen LogP contribution in [0.25, 0.3) is 0 Å².